The average molecular weight is 410 g/mol. The number of benzene rings is 2. The van der Waals surface area contributed by atoms with Gasteiger partial charge < -0.3 is 24.8 Å². The van der Waals surface area contributed by atoms with Crippen LogP contribution in [-0.4, -0.2) is 36.8 Å². The van der Waals surface area contributed by atoms with E-state index in [9.17, 15) is 4.79 Å². The number of methoxy groups -OCH3 is 2. The van der Waals surface area contributed by atoms with E-state index in [2.05, 4.69) is 27.5 Å². The van der Waals surface area contributed by atoms with Crippen molar-refractivity contribution >= 4 is 22.6 Å². The fraction of sp³-hybridized carbons (Fsp3) is 0.318. The first-order valence-electron chi connectivity index (χ1n) is 9.75. The number of nitrogens with one attached hydrogen (secondary N) is 2. The van der Waals surface area contributed by atoms with Gasteiger partial charge in [-0.3, -0.25) is 0 Å². The number of carbonyl (C=O) groups excluding carboxylic acids is 1. The molecule has 0 aliphatic rings. The Morgan fingerprint density at radius 3 is 2.50 bits per heavy atom. The Morgan fingerprint density at radius 2 is 1.80 bits per heavy atom. The van der Waals surface area contributed by atoms with Crippen LogP contribution in [0.4, 0.5) is 10.5 Å². The van der Waals surface area contributed by atoms with Crippen molar-refractivity contribution in [2.75, 3.05) is 26.1 Å². The van der Waals surface area contributed by atoms with Gasteiger partial charge in [0.2, 0.25) is 5.88 Å². The van der Waals surface area contributed by atoms with Crippen molar-refractivity contribution in [1.82, 2.24) is 15.3 Å². The normalized spacial score (nSPS) is 10.5. The van der Waals surface area contributed by atoms with Crippen molar-refractivity contribution in [3.05, 3.63) is 42.2 Å². The molecule has 0 radical (unpaired) electrons. The molecule has 2 amide bonds. The summed E-state index contributed by atoms with van der Waals surface area (Å²) >= 11 is 0. The van der Waals surface area contributed by atoms with Gasteiger partial charge in [0.25, 0.3) is 0 Å². The van der Waals surface area contributed by atoms with Gasteiger partial charge in [-0.15, -0.1) is 0 Å². The number of aromatic nitrogens is 2. The minimum atomic E-state index is -0.223. The second-order valence-corrected chi connectivity index (χ2v) is 6.72. The number of aryl methyl sites for hydroxylation is 1. The van der Waals surface area contributed by atoms with Crippen LogP contribution in [-0.2, 0) is 0 Å². The molecule has 158 valence electrons. The number of carbonyl (C=O) groups is 1. The first-order valence-corrected chi connectivity index (χ1v) is 9.75. The molecule has 0 saturated heterocycles. The summed E-state index contributed by atoms with van der Waals surface area (Å²) in [5.41, 5.74) is 2.22. The number of rotatable bonds is 8. The summed E-state index contributed by atoms with van der Waals surface area (Å²) in [5.74, 6) is 2.18. The highest BCUT2D eigenvalue weighted by atomic mass is 16.5. The number of fused-ring (bicyclic) bond motifs is 1. The number of anilines is 1. The molecule has 3 rings (SSSR count). The molecular weight excluding hydrogens is 384 g/mol. The van der Waals surface area contributed by atoms with Gasteiger partial charge in [-0.25, -0.2) is 14.8 Å². The van der Waals surface area contributed by atoms with Crippen molar-refractivity contribution in [3.8, 4) is 23.1 Å². The van der Waals surface area contributed by atoms with Gasteiger partial charge >= 0.3 is 6.03 Å². The van der Waals surface area contributed by atoms with Crippen LogP contribution in [0.25, 0.3) is 10.9 Å². The van der Waals surface area contributed by atoms with Crippen LogP contribution in [0.2, 0.25) is 0 Å². The second kappa shape index (κ2) is 9.78. The lowest BCUT2D eigenvalue weighted by Gasteiger charge is -2.13. The Labute approximate surface area is 175 Å². The summed E-state index contributed by atoms with van der Waals surface area (Å²) in [7, 11) is 3.15. The number of unbranched alkanes of at least 4 members (excludes halogenated alkanes) is 1. The smallest absolute Gasteiger partial charge is 0.319 e. The Bertz CT molecular complexity index is 1040. The van der Waals surface area contributed by atoms with Gasteiger partial charge in [-0.1, -0.05) is 13.3 Å². The number of nitrogens with zero attached hydrogens (tertiary/aromatic N) is 2. The SMILES string of the molecule is CCCCNC(=O)Nc1ccc(Oc2ncnc3cc(OC)c(OC)cc23)c(C)c1. The molecule has 2 N–H and O–H groups in total. The third-order valence-corrected chi connectivity index (χ3v) is 4.56. The van der Waals surface area contributed by atoms with E-state index < -0.39 is 0 Å². The van der Waals surface area contributed by atoms with Crippen LogP contribution < -0.4 is 24.8 Å². The summed E-state index contributed by atoms with van der Waals surface area (Å²) in [5, 5.41) is 6.36. The van der Waals surface area contributed by atoms with Crippen molar-refractivity contribution in [3.63, 3.8) is 0 Å². The van der Waals surface area contributed by atoms with Gasteiger partial charge in [0.05, 0.1) is 25.1 Å². The fourth-order valence-corrected chi connectivity index (χ4v) is 2.94. The molecule has 0 aliphatic carbocycles. The minimum absolute atomic E-state index is 0.223. The van der Waals surface area contributed by atoms with Gasteiger partial charge in [0.15, 0.2) is 11.5 Å². The molecule has 0 bridgehead atoms. The molecular formula is C22H26N4O4. The van der Waals surface area contributed by atoms with Crippen LogP contribution in [0.1, 0.15) is 25.3 Å². The number of ether oxygens (including phenoxy) is 3. The van der Waals surface area contributed by atoms with Crippen LogP contribution in [0.3, 0.4) is 0 Å². The Morgan fingerprint density at radius 1 is 1.03 bits per heavy atom. The van der Waals surface area contributed by atoms with E-state index in [1.807, 2.05) is 13.0 Å². The third kappa shape index (κ3) is 4.89. The first kappa shape index (κ1) is 21.2. The van der Waals surface area contributed by atoms with Crippen molar-refractivity contribution in [2.24, 2.45) is 0 Å². The first-order chi connectivity index (χ1) is 14.5. The summed E-state index contributed by atoms with van der Waals surface area (Å²) < 4.78 is 16.8. The molecule has 8 heteroatoms. The quantitative estimate of drug-likeness (QED) is 0.524. The zero-order chi connectivity index (χ0) is 21.5. The van der Waals surface area contributed by atoms with Crippen molar-refractivity contribution < 1.29 is 19.0 Å². The van der Waals surface area contributed by atoms with Gasteiger partial charge in [0.1, 0.15) is 12.1 Å². The molecule has 0 saturated carbocycles. The number of hydrogen-bond acceptors (Lipinski definition) is 6. The van der Waals surface area contributed by atoms with Crippen LogP contribution in [0.15, 0.2) is 36.7 Å². The Balaban J connectivity index is 1.81. The molecule has 8 nitrogen and oxygen atoms in total. The maximum absolute atomic E-state index is 11.9. The van der Waals surface area contributed by atoms with Gasteiger partial charge in [-0.05, 0) is 43.2 Å². The maximum atomic E-state index is 11.9. The highest BCUT2D eigenvalue weighted by molar-refractivity contribution is 5.89. The lowest BCUT2D eigenvalue weighted by molar-refractivity contribution is 0.252. The fourth-order valence-electron chi connectivity index (χ4n) is 2.94. The Kier molecular flexibility index (Phi) is 6.90. The molecule has 1 aromatic heterocycles. The Hall–Kier alpha value is -3.55. The largest absolute Gasteiger partial charge is 0.493 e. The summed E-state index contributed by atoms with van der Waals surface area (Å²) in [6.07, 6.45) is 3.42. The van der Waals surface area contributed by atoms with E-state index in [-0.39, 0.29) is 6.03 Å². The standard InChI is InChI=1S/C22H26N4O4/c1-5-6-9-23-22(27)26-15-7-8-18(14(2)10-15)30-21-16-11-19(28-3)20(29-4)12-17(16)24-13-25-21/h7-8,10-13H,5-6,9H2,1-4H3,(H2,23,26,27). The van der Waals surface area contributed by atoms with E-state index >= 15 is 0 Å². The lowest BCUT2D eigenvalue weighted by Crippen LogP contribution is -2.29. The highest BCUT2D eigenvalue weighted by Crippen LogP contribution is 2.36. The minimum Gasteiger partial charge on any atom is -0.493 e. The predicted molar refractivity (Wildman–Crippen MR) is 116 cm³/mol. The summed E-state index contributed by atoms with van der Waals surface area (Å²) in [6, 6.07) is 8.77. The zero-order valence-electron chi connectivity index (χ0n) is 17.6. The van der Waals surface area contributed by atoms with Gasteiger partial charge in [0, 0.05) is 18.3 Å². The third-order valence-electron chi connectivity index (χ3n) is 4.56. The molecule has 2 aromatic carbocycles. The van der Waals surface area contributed by atoms with E-state index in [0.717, 1.165) is 18.4 Å². The molecule has 0 fully saturated rings. The second-order valence-electron chi connectivity index (χ2n) is 6.72. The molecule has 0 atom stereocenters. The molecule has 0 unspecified atom stereocenters. The summed E-state index contributed by atoms with van der Waals surface area (Å²) in [6.45, 7) is 4.63. The predicted octanol–water partition coefficient (Wildman–Crippen LogP) is 4.67. The topological polar surface area (TPSA) is 94.6 Å². The van der Waals surface area contributed by atoms with Gasteiger partial charge in [-0.2, -0.15) is 0 Å². The maximum Gasteiger partial charge on any atom is 0.319 e. The zero-order valence-corrected chi connectivity index (χ0v) is 17.6. The van der Waals surface area contributed by atoms with E-state index in [4.69, 9.17) is 14.2 Å². The molecule has 3 aromatic rings. The molecule has 30 heavy (non-hydrogen) atoms. The summed E-state index contributed by atoms with van der Waals surface area (Å²) in [4.78, 5) is 20.5. The van der Waals surface area contributed by atoms with Crippen LogP contribution >= 0.6 is 0 Å². The number of urea groups is 1. The molecule has 1 heterocycles. The van der Waals surface area contributed by atoms with Crippen LogP contribution in [0, 0.1) is 6.92 Å². The van der Waals surface area contributed by atoms with Crippen molar-refractivity contribution in [1.29, 1.82) is 0 Å². The van der Waals surface area contributed by atoms with E-state index in [0.29, 0.717) is 46.3 Å². The number of amides is 2. The van der Waals surface area contributed by atoms with E-state index in [1.165, 1.54) is 6.33 Å². The highest BCUT2D eigenvalue weighted by Gasteiger charge is 2.13. The molecule has 0 spiro atoms. The van der Waals surface area contributed by atoms with Crippen LogP contribution in [0.5, 0.6) is 23.1 Å². The molecule has 0 aliphatic heterocycles. The lowest BCUT2D eigenvalue weighted by atomic mass is 10.2. The monoisotopic (exact) mass is 410 g/mol. The van der Waals surface area contributed by atoms with E-state index in [1.54, 1.807) is 38.5 Å². The van der Waals surface area contributed by atoms with Crippen molar-refractivity contribution in [2.45, 2.75) is 26.7 Å². The number of hydrogen-bond donors (Lipinski definition) is 2. The average Bonchev–Trinajstić information content (AvgIpc) is 2.75.